The van der Waals surface area contributed by atoms with Crippen LogP contribution < -0.4 is 16.4 Å². The molecule has 2 unspecified atom stereocenters. The fourth-order valence-electron chi connectivity index (χ4n) is 3.46. The summed E-state index contributed by atoms with van der Waals surface area (Å²) in [6.07, 6.45) is 0.989. The number of carbonyl (C=O) groups is 1. The monoisotopic (exact) mass is 374 g/mol. The number of halogens is 2. The van der Waals surface area contributed by atoms with Crippen molar-refractivity contribution in [2.45, 2.75) is 18.6 Å². The summed E-state index contributed by atoms with van der Waals surface area (Å²) >= 11 is 0. The van der Waals surface area contributed by atoms with Crippen LogP contribution >= 0.6 is 0 Å². The lowest BCUT2D eigenvalue weighted by molar-refractivity contribution is 0.100. The second-order valence-corrected chi connectivity index (χ2v) is 6.40. The van der Waals surface area contributed by atoms with E-state index in [1.54, 1.807) is 11.0 Å². The molecule has 1 amide bonds. The van der Waals surface area contributed by atoms with Gasteiger partial charge in [-0.15, -0.1) is 5.10 Å². The van der Waals surface area contributed by atoms with E-state index in [9.17, 15) is 18.7 Å². The summed E-state index contributed by atoms with van der Waals surface area (Å²) in [6, 6.07) is 4.16. The van der Waals surface area contributed by atoms with Gasteiger partial charge < -0.3 is 21.5 Å². The molecule has 1 saturated heterocycles. The van der Waals surface area contributed by atoms with Crippen molar-refractivity contribution in [2.75, 3.05) is 17.2 Å². The van der Waals surface area contributed by atoms with Gasteiger partial charge in [-0.1, -0.05) is 0 Å². The highest BCUT2D eigenvalue weighted by molar-refractivity contribution is 6.03. The number of anilines is 2. The number of hydrogen-bond donors (Lipinski definition) is 3. The predicted octanol–water partition coefficient (Wildman–Crippen LogP) is 1.00. The molecule has 1 fully saturated rings. The van der Waals surface area contributed by atoms with Crippen LogP contribution in [0.3, 0.4) is 0 Å². The number of hydrogen-bond acceptors (Lipinski definition) is 6. The van der Waals surface area contributed by atoms with E-state index in [0.717, 1.165) is 18.2 Å². The number of benzene rings is 1. The van der Waals surface area contributed by atoms with Crippen LogP contribution in [-0.2, 0) is 0 Å². The predicted molar refractivity (Wildman–Crippen MR) is 93.0 cm³/mol. The third-order valence-electron chi connectivity index (χ3n) is 4.63. The van der Waals surface area contributed by atoms with Crippen LogP contribution in [0.15, 0.2) is 30.5 Å². The second kappa shape index (κ2) is 6.16. The number of aromatic nitrogens is 3. The van der Waals surface area contributed by atoms with Gasteiger partial charge in [0.05, 0.1) is 12.1 Å². The standard InChI is InChI=1S/C17H16F2N6O2/c18-8-1-2-11(19)10(5-8)12-6-9(26)7-24(12)13-3-4-25-17(22-13)14(16(21)27)15(20)23-25/h1-5,9,12,26H,6-7H2,(H2,20,23)(H2,21,27). The van der Waals surface area contributed by atoms with E-state index < -0.39 is 29.7 Å². The molecule has 140 valence electrons. The smallest absolute Gasteiger partial charge is 0.256 e. The maximum atomic E-state index is 14.3. The molecule has 8 nitrogen and oxygen atoms in total. The molecule has 1 aromatic carbocycles. The number of amides is 1. The zero-order valence-corrected chi connectivity index (χ0v) is 14.0. The minimum absolute atomic E-state index is 0.0231. The van der Waals surface area contributed by atoms with E-state index >= 15 is 0 Å². The van der Waals surface area contributed by atoms with Gasteiger partial charge in [0.15, 0.2) is 11.5 Å². The van der Waals surface area contributed by atoms with Gasteiger partial charge in [-0.3, -0.25) is 4.79 Å². The van der Waals surface area contributed by atoms with Gasteiger partial charge in [0.2, 0.25) is 0 Å². The molecule has 27 heavy (non-hydrogen) atoms. The van der Waals surface area contributed by atoms with Gasteiger partial charge in [-0.25, -0.2) is 18.3 Å². The van der Waals surface area contributed by atoms with Crippen molar-refractivity contribution in [1.29, 1.82) is 0 Å². The fourth-order valence-corrected chi connectivity index (χ4v) is 3.46. The first kappa shape index (κ1) is 17.2. The van der Waals surface area contributed by atoms with Gasteiger partial charge in [-0.2, -0.15) is 0 Å². The molecule has 2 aromatic heterocycles. The number of aliphatic hydroxyl groups is 1. The molecule has 3 heterocycles. The Balaban J connectivity index is 1.82. The minimum atomic E-state index is -0.777. The molecule has 4 rings (SSSR count). The minimum Gasteiger partial charge on any atom is -0.391 e. The quantitative estimate of drug-likeness (QED) is 0.629. The van der Waals surface area contributed by atoms with Crippen LogP contribution in [-0.4, -0.2) is 38.3 Å². The number of nitrogens with zero attached hydrogens (tertiary/aromatic N) is 4. The zero-order chi connectivity index (χ0) is 19.3. The molecule has 0 aliphatic carbocycles. The maximum absolute atomic E-state index is 14.3. The topological polar surface area (TPSA) is 123 Å². The first-order valence-corrected chi connectivity index (χ1v) is 8.19. The van der Waals surface area contributed by atoms with Crippen LogP contribution in [0.1, 0.15) is 28.4 Å². The van der Waals surface area contributed by atoms with Gasteiger partial charge in [0.1, 0.15) is 23.0 Å². The van der Waals surface area contributed by atoms with E-state index in [-0.39, 0.29) is 35.6 Å². The van der Waals surface area contributed by atoms with E-state index in [0.29, 0.717) is 5.82 Å². The van der Waals surface area contributed by atoms with Gasteiger partial charge >= 0.3 is 0 Å². The molecular weight excluding hydrogens is 358 g/mol. The normalized spacial score (nSPS) is 19.7. The molecular formula is C17H16F2N6O2. The molecule has 0 spiro atoms. The number of nitrogens with two attached hydrogens (primary N) is 2. The molecule has 3 aromatic rings. The van der Waals surface area contributed by atoms with Crippen LogP contribution in [0, 0.1) is 11.6 Å². The van der Waals surface area contributed by atoms with E-state index in [1.807, 2.05) is 0 Å². The number of aliphatic hydroxyl groups excluding tert-OH is 1. The number of primary amides is 1. The van der Waals surface area contributed by atoms with Crippen LogP contribution in [0.2, 0.25) is 0 Å². The molecule has 0 saturated carbocycles. The Morgan fingerprint density at radius 2 is 2.07 bits per heavy atom. The van der Waals surface area contributed by atoms with Crippen molar-refractivity contribution >= 4 is 23.2 Å². The third kappa shape index (κ3) is 2.83. The van der Waals surface area contributed by atoms with Crippen molar-refractivity contribution in [2.24, 2.45) is 5.73 Å². The highest BCUT2D eigenvalue weighted by Gasteiger charge is 2.35. The van der Waals surface area contributed by atoms with Crippen LogP contribution in [0.25, 0.3) is 5.65 Å². The van der Waals surface area contributed by atoms with Crippen molar-refractivity contribution in [3.63, 3.8) is 0 Å². The summed E-state index contributed by atoms with van der Waals surface area (Å²) < 4.78 is 29.2. The maximum Gasteiger partial charge on any atom is 0.256 e. The average Bonchev–Trinajstić information content (AvgIpc) is 3.15. The number of fused-ring (bicyclic) bond motifs is 1. The molecule has 2 atom stereocenters. The molecule has 10 heteroatoms. The molecule has 0 radical (unpaired) electrons. The summed E-state index contributed by atoms with van der Waals surface area (Å²) in [7, 11) is 0. The molecule has 0 bridgehead atoms. The Morgan fingerprint density at radius 3 is 2.81 bits per heavy atom. The van der Waals surface area contributed by atoms with Crippen molar-refractivity contribution in [3.05, 3.63) is 53.2 Å². The first-order valence-electron chi connectivity index (χ1n) is 8.19. The van der Waals surface area contributed by atoms with Crippen molar-refractivity contribution in [3.8, 4) is 0 Å². The van der Waals surface area contributed by atoms with Gasteiger partial charge in [-0.05, 0) is 30.7 Å². The van der Waals surface area contributed by atoms with Crippen LogP contribution in [0.5, 0.6) is 0 Å². The zero-order valence-electron chi connectivity index (χ0n) is 14.0. The van der Waals surface area contributed by atoms with E-state index in [1.165, 1.54) is 10.7 Å². The van der Waals surface area contributed by atoms with Crippen LogP contribution in [0.4, 0.5) is 20.4 Å². The fraction of sp³-hybridized carbons (Fsp3) is 0.235. The number of β-amino-alcohol motifs (C(OH)–C–C–N with tert-alkyl or cyclic N) is 1. The van der Waals surface area contributed by atoms with Crippen molar-refractivity contribution < 1.29 is 18.7 Å². The molecule has 1 aliphatic heterocycles. The summed E-state index contributed by atoms with van der Waals surface area (Å²) in [4.78, 5) is 17.7. The molecule has 1 aliphatic rings. The first-order chi connectivity index (χ1) is 12.8. The highest BCUT2D eigenvalue weighted by Crippen LogP contribution is 2.37. The Bertz CT molecular complexity index is 1050. The summed E-state index contributed by atoms with van der Waals surface area (Å²) in [5.74, 6) is -1.62. The SMILES string of the molecule is NC(=O)c1c(N)nn2ccc(N3CC(O)CC3c3cc(F)ccc3F)nc12. The Hall–Kier alpha value is -3.27. The number of nitrogen functional groups attached to an aromatic ring is 1. The average molecular weight is 374 g/mol. The van der Waals surface area contributed by atoms with Gasteiger partial charge in [0.25, 0.3) is 5.91 Å². The lowest BCUT2D eigenvalue weighted by Crippen LogP contribution is -2.26. The third-order valence-corrected chi connectivity index (χ3v) is 4.63. The Labute approximate surface area is 152 Å². The summed E-state index contributed by atoms with van der Waals surface area (Å²) in [6.45, 7) is 0.166. The molecule has 5 N–H and O–H groups in total. The van der Waals surface area contributed by atoms with E-state index in [4.69, 9.17) is 11.5 Å². The van der Waals surface area contributed by atoms with Gasteiger partial charge in [0, 0.05) is 18.3 Å². The highest BCUT2D eigenvalue weighted by atomic mass is 19.1. The summed E-state index contributed by atoms with van der Waals surface area (Å²) in [5, 5.41) is 14.1. The second-order valence-electron chi connectivity index (χ2n) is 6.40. The van der Waals surface area contributed by atoms with E-state index in [2.05, 4.69) is 10.1 Å². The largest absolute Gasteiger partial charge is 0.391 e. The Kier molecular flexibility index (Phi) is 3.92. The number of carbonyl (C=O) groups excluding carboxylic acids is 1. The summed E-state index contributed by atoms with van der Waals surface area (Å²) in [5.41, 5.74) is 11.3. The number of rotatable bonds is 3. The lowest BCUT2D eigenvalue weighted by atomic mass is 10.0. The Morgan fingerprint density at radius 1 is 1.30 bits per heavy atom. The van der Waals surface area contributed by atoms with Crippen molar-refractivity contribution in [1.82, 2.24) is 14.6 Å². The lowest BCUT2D eigenvalue weighted by Gasteiger charge is -2.26.